The van der Waals surface area contributed by atoms with Crippen LogP contribution in [-0.4, -0.2) is 6.21 Å². The fraction of sp³-hybridized carbons (Fsp3) is 0. The van der Waals surface area contributed by atoms with Gasteiger partial charge < -0.3 is 5.32 Å². The maximum atomic E-state index is 5.81. The number of allylic oxidation sites excluding steroid dienone is 3. The number of nitrogens with one attached hydrogen (secondary N) is 1. The minimum atomic E-state index is 0.709. The minimum absolute atomic E-state index is 0.709. The maximum Gasteiger partial charge on any atom is 0.0630 e. The Morgan fingerprint density at radius 2 is 1.38 bits per heavy atom. The lowest BCUT2D eigenvalue weighted by molar-refractivity contribution is 1.54. The van der Waals surface area contributed by atoms with E-state index in [1.165, 1.54) is 0 Å². The molecule has 0 radical (unpaired) electrons. The van der Waals surface area contributed by atoms with Crippen LogP contribution in [0.1, 0.15) is 0 Å². The lowest BCUT2D eigenvalue weighted by Crippen LogP contribution is -1.85. The first-order valence-corrected chi connectivity index (χ1v) is 7.13. The first kappa shape index (κ1) is 15.4. The Bertz CT molecular complexity index is 641. The average Bonchev–Trinajstić information content (AvgIpc) is 2.50. The van der Waals surface area contributed by atoms with Gasteiger partial charge in [-0.15, -0.1) is 0 Å². The van der Waals surface area contributed by atoms with E-state index in [2.05, 4.69) is 10.3 Å². The van der Waals surface area contributed by atoms with Crippen LogP contribution in [0.5, 0.6) is 0 Å². The number of nitrogens with zero attached hydrogens (tertiary/aromatic N) is 1. The Morgan fingerprint density at radius 1 is 0.762 bits per heavy atom. The summed E-state index contributed by atoms with van der Waals surface area (Å²) in [5.74, 6) is 0. The Balaban J connectivity index is 1.78. The summed E-state index contributed by atoms with van der Waals surface area (Å²) >= 11 is 11.6. The van der Waals surface area contributed by atoms with Crippen molar-refractivity contribution >= 4 is 40.8 Å². The van der Waals surface area contributed by atoms with Crippen molar-refractivity contribution in [1.82, 2.24) is 0 Å². The fourth-order valence-electron chi connectivity index (χ4n) is 1.52. The van der Waals surface area contributed by atoms with Gasteiger partial charge in [0.15, 0.2) is 0 Å². The molecule has 0 amide bonds. The summed E-state index contributed by atoms with van der Waals surface area (Å²) in [6.45, 7) is 0. The van der Waals surface area contributed by atoms with Gasteiger partial charge in [0.1, 0.15) is 0 Å². The van der Waals surface area contributed by atoms with Crippen LogP contribution in [0.2, 0.25) is 10.0 Å². The minimum Gasteiger partial charge on any atom is -0.362 e. The molecule has 0 saturated heterocycles. The van der Waals surface area contributed by atoms with Crippen LogP contribution in [0, 0.1) is 0 Å². The number of benzene rings is 2. The van der Waals surface area contributed by atoms with E-state index in [-0.39, 0.29) is 0 Å². The molecule has 0 aliphatic carbocycles. The van der Waals surface area contributed by atoms with Crippen LogP contribution in [0.3, 0.4) is 0 Å². The molecule has 0 aromatic heterocycles. The Kier molecular flexibility index (Phi) is 6.07. The van der Waals surface area contributed by atoms with Crippen LogP contribution < -0.4 is 5.32 Å². The third-order valence-electron chi connectivity index (χ3n) is 2.55. The van der Waals surface area contributed by atoms with E-state index >= 15 is 0 Å². The quantitative estimate of drug-likeness (QED) is 0.540. The second-order valence-electron chi connectivity index (χ2n) is 4.15. The second kappa shape index (κ2) is 8.30. The number of hydrogen-bond acceptors (Lipinski definition) is 2. The van der Waals surface area contributed by atoms with Gasteiger partial charge in [0.05, 0.1) is 5.69 Å². The molecule has 0 bridgehead atoms. The first-order valence-electron chi connectivity index (χ1n) is 6.37. The van der Waals surface area contributed by atoms with E-state index in [0.717, 1.165) is 16.4 Å². The fourth-order valence-corrected chi connectivity index (χ4v) is 1.77. The number of rotatable bonds is 5. The molecule has 0 heterocycles. The predicted octanol–water partition coefficient (Wildman–Crippen LogP) is 5.88. The van der Waals surface area contributed by atoms with E-state index in [0.29, 0.717) is 5.02 Å². The number of hydrogen-bond donors (Lipinski definition) is 1. The molecule has 0 aliphatic rings. The monoisotopic (exact) mass is 316 g/mol. The van der Waals surface area contributed by atoms with Crippen molar-refractivity contribution in [1.29, 1.82) is 0 Å². The summed E-state index contributed by atoms with van der Waals surface area (Å²) in [5, 5.41) is 4.57. The first-order chi connectivity index (χ1) is 10.2. The molecule has 21 heavy (non-hydrogen) atoms. The molecule has 2 rings (SSSR count). The third kappa shape index (κ3) is 5.86. The molecule has 1 N–H and O–H groups in total. The summed E-state index contributed by atoms with van der Waals surface area (Å²) < 4.78 is 0. The van der Waals surface area contributed by atoms with Crippen molar-refractivity contribution in [3.8, 4) is 0 Å². The highest BCUT2D eigenvalue weighted by molar-refractivity contribution is 6.30. The summed E-state index contributed by atoms with van der Waals surface area (Å²) in [6.07, 6.45) is 9.21. The highest BCUT2D eigenvalue weighted by atomic mass is 35.5. The Labute approximate surface area is 134 Å². The van der Waals surface area contributed by atoms with Gasteiger partial charge >= 0.3 is 0 Å². The number of anilines is 1. The predicted molar refractivity (Wildman–Crippen MR) is 93.0 cm³/mol. The second-order valence-corrected chi connectivity index (χ2v) is 5.02. The van der Waals surface area contributed by atoms with Crippen molar-refractivity contribution in [2.45, 2.75) is 0 Å². The van der Waals surface area contributed by atoms with Crippen LogP contribution in [-0.2, 0) is 0 Å². The zero-order chi connectivity index (χ0) is 14.9. The molecule has 4 heteroatoms. The van der Waals surface area contributed by atoms with Crippen LogP contribution in [0.25, 0.3) is 0 Å². The normalized spacial score (nSPS) is 11.7. The maximum absolute atomic E-state index is 5.81. The molecule has 0 fully saturated rings. The SMILES string of the molecule is Clc1ccc(N=C/C=C\C=C\Nc2ccc(Cl)cc2)cc1. The molecule has 0 unspecified atom stereocenters. The highest BCUT2D eigenvalue weighted by Crippen LogP contribution is 2.15. The highest BCUT2D eigenvalue weighted by Gasteiger charge is 1.88. The summed E-state index contributed by atoms with van der Waals surface area (Å²) in [6, 6.07) is 14.9. The van der Waals surface area contributed by atoms with Gasteiger partial charge in [0.2, 0.25) is 0 Å². The van der Waals surface area contributed by atoms with Gasteiger partial charge in [-0.3, -0.25) is 4.99 Å². The van der Waals surface area contributed by atoms with E-state index in [1.807, 2.05) is 73.0 Å². The molecular formula is C17H14Cl2N2. The van der Waals surface area contributed by atoms with E-state index in [9.17, 15) is 0 Å². The van der Waals surface area contributed by atoms with Gasteiger partial charge in [-0.25, -0.2) is 0 Å². The average molecular weight is 317 g/mol. The molecule has 2 nitrogen and oxygen atoms in total. The lowest BCUT2D eigenvalue weighted by atomic mass is 10.3. The smallest absolute Gasteiger partial charge is 0.0630 e. The van der Waals surface area contributed by atoms with Crippen LogP contribution >= 0.6 is 23.2 Å². The molecule has 106 valence electrons. The van der Waals surface area contributed by atoms with E-state index in [4.69, 9.17) is 23.2 Å². The van der Waals surface area contributed by atoms with Gasteiger partial charge in [0.25, 0.3) is 0 Å². The van der Waals surface area contributed by atoms with Crippen molar-refractivity contribution in [2.75, 3.05) is 5.32 Å². The van der Waals surface area contributed by atoms with Gasteiger partial charge in [-0.05, 0) is 60.7 Å². The zero-order valence-corrected chi connectivity index (χ0v) is 12.7. The van der Waals surface area contributed by atoms with Gasteiger partial charge in [0, 0.05) is 28.1 Å². The Morgan fingerprint density at radius 3 is 2.05 bits per heavy atom. The standard InChI is InChI=1S/C17H14Cl2N2/c18-14-4-8-16(9-5-14)20-12-2-1-3-13-21-17-10-6-15(19)7-11-17/h1-13,20H/b3-1-,12-2+,21-13?. The van der Waals surface area contributed by atoms with E-state index < -0.39 is 0 Å². The summed E-state index contributed by atoms with van der Waals surface area (Å²) in [4.78, 5) is 4.27. The molecule has 0 saturated carbocycles. The third-order valence-corrected chi connectivity index (χ3v) is 3.05. The Hall–Kier alpha value is -2.03. The largest absolute Gasteiger partial charge is 0.362 e. The van der Waals surface area contributed by atoms with Crippen molar-refractivity contribution < 1.29 is 0 Å². The molecule has 2 aromatic carbocycles. The molecule has 0 spiro atoms. The van der Waals surface area contributed by atoms with Crippen molar-refractivity contribution in [2.24, 2.45) is 4.99 Å². The van der Waals surface area contributed by atoms with Gasteiger partial charge in [-0.2, -0.15) is 0 Å². The lowest BCUT2D eigenvalue weighted by Gasteiger charge is -1.98. The van der Waals surface area contributed by atoms with Gasteiger partial charge in [-0.1, -0.05) is 29.3 Å². The molecule has 0 aliphatic heterocycles. The molecular weight excluding hydrogens is 303 g/mol. The molecule has 2 aromatic rings. The van der Waals surface area contributed by atoms with E-state index in [1.54, 1.807) is 6.21 Å². The van der Waals surface area contributed by atoms with Crippen LogP contribution in [0.4, 0.5) is 11.4 Å². The number of aliphatic imine (C=N–C) groups is 1. The molecule has 0 atom stereocenters. The van der Waals surface area contributed by atoms with Crippen molar-refractivity contribution in [3.63, 3.8) is 0 Å². The van der Waals surface area contributed by atoms with Crippen LogP contribution in [0.15, 0.2) is 78.0 Å². The topological polar surface area (TPSA) is 24.4 Å². The summed E-state index contributed by atoms with van der Waals surface area (Å²) in [5.41, 5.74) is 1.85. The zero-order valence-electron chi connectivity index (χ0n) is 11.2. The summed E-state index contributed by atoms with van der Waals surface area (Å²) in [7, 11) is 0. The van der Waals surface area contributed by atoms with Crippen molar-refractivity contribution in [3.05, 3.63) is 83.0 Å². The number of halogens is 2.